The largest absolute Gasteiger partial charge is 0.481 e. The second kappa shape index (κ2) is 11.4. The molecule has 0 spiro atoms. The van der Waals surface area contributed by atoms with Crippen LogP contribution in [0.15, 0.2) is 0 Å². The molecule has 28 heavy (non-hydrogen) atoms. The van der Waals surface area contributed by atoms with Crippen molar-refractivity contribution in [3.05, 3.63) is 0 Å². The number of piperidine rings is 1. The zero-order valence-corrected chi connectivity index (χ0v) is 17.6. The first-order valence-corrected chi connectivity index (χ1v) is 11.2. The fourth-order valence-electron chi connectivity index (χ4n) is 4.57. The molecule has 1 aliphatic heterocycles. The molecule has 6 heteroatoms. The van der Waals surface area contributed by atoms with Gasteiger partial charge >= 0.3 is 5.97 Å². The molecule has 2 fully saturated rings. The molecule has 0 aromatic heterocycles. The van der Waals surface area contributed by atoms with Gasteiger partial charge in [0.2, 0.25) is 11.8 Å². The van der Waals surface area contributed by atoms with Gasteiger partial charge in [-0.3, -0.25) is 14.4 Å². The van der Waals surface area contributed by atoms with Crippen LogP contribution in [0.1, 0.15) is 84.5 Å². The summed E-state index contributed by atoms with van der Waals surface area (Å²) in [6.45, 7) is 5.18. The third-order valence-corrected chi connectivity index (χ3v) is 6.53. The van der Waals surface area contributed by atoms with Crippen LogP contribution in [0.2, 0.25) is 0 Å². The maximum atomic E-state index is 12.9. The van der Waals surface area contributed by atoms with E-state index in [1.807, 2.05) is 18.7 Å². The number of rotatable bonds is 9. The first kappa shape index (κ1) is 22.7. The van der Waals surface area contributed by atoms with Gasteiger partial charge in [-0.15, -0.1) is 0 Å². The molecule has 1 heterocycles. The molecule has 0 bridgehead atoms. The molecule has 2 amide bonds. The van der Waals surface area contributed by atoms with Gasteiger partial charge in [0.15, 0.2) is 0 Å². The van der Waals surface area contributed by atoms with Gasteiger partial charge in [-0.05, 0) is 38.0 Å². The van der Waals surface area contributed by atoms with E-state index in [0.29, 0.717) is 18.9 Å². The Balaban J connectivity index is 1.92. The number of amides is 2. The average Bonchev–Trinajstić information content (AvgIpc) is 2.71. The fourth-order valence-corrected chi connectivity index (χ4v) is 4.57. The highest BCUT2D eigenvalue weighted by molar-refractivity contribution is 5.82. The highest BCUT2D eigenvalue weighted by Gasteiger charge is 2.31. The van der Waals surface area contributed by atoms with Gasteiger partial charge in [-0.25, -0.2) is 0 Å². The minimum absolute atomic E-state index is 0.00331. The van der Waals surface area contributed by atoms with Crippen molar-refractivity contribution in [3.8, 4) is 0 Å². The van der Waals surface area contributed by atoms with Crippen molar-refractivity contribution in [2.45, 2.75) is 90.5 Å². The molecular weight excluding hydrogens is 356 g/mol. The van der Waals surface area contributed by atoms with Gasteiger partial charge in [0.1, 0.15) is 0 Å². The molecule has 0 aromatic rings. The van der Waals surface area contributed by atoms with Gasteiger partial charge < -0.3 is 15.3 Å². The van der Waals surface area contributed by atoms with Crippen molar-refractivity contribution >= 4 is 17.8 Å². The Kier molecular flexibility index (Phi) is 9.26. The Morgan fingerprint density at radius 1 is 1.11 bits per heavy atom. The summed E-state index contributed by atoms with van der Waals surface area (Å²) >= 11 is 0. The van der Waals surface area contributed by atoms with E-state index in [9.17, 15) is 14.4 Å². The molecule has 160 valence electrons. The van der Waals surface area contributed by atoms with Crippen LogP contribution in [0.5, 0.6) is 0 Å². The van der Waals surface area contributed by atoms with E-state index < -0.39 is 5.97 Å². The fraction of sp³-hybridized carbons (Fsp3) is 0.864. The number of carbonyl (C=O) groups excluding carboxylic acids is 2. The SMILES string of the molecule is CCC(C)C(=O)N1CCCC(C(=O)NC(CCC(=O)O)CC2CCCCC2)C1. The lowest BCUT2D eigenvalue weighted by Crippen LogP contribution is -2.49. The lowest BCUT2D eigenvalue weighted by Gasteiger charge is -2.35. The number of nitrogens with one attached hydrogen (secondary N) is 1. The lowest BCUT2D eigenvalue weighted by molar-refractivity contribution is -0.140. The summed E-state index contributed by atoms with van der Waals surface area (Å²) in [4.78, 5) is 38.3. The van der Waals surface area contributed by atoms with E-state index in [1.54, 1.807) is 0 Å². The summed E-state index contributed by atoms with van der Waals surface area (Å²) < 4.78 is 0. The van der Waals surface area contributed by atoms with E-state index in [-0.39, 0.29) is 36.1 Å². The Morgan fingerprint density at radius 3 is 2.46 bits per heavy atom. The van der Waals surface area contributed by atoms with Gasteiger partial charge in [0.25, 0.3) is 0 Å². The van der Waals surface area contributed by atoms with E-state index in [0.717, 1.165) is 32.2 Å². The number of carboxylic acids is 1. The highest BCUT2D eigenvalue weighted by atomic mass is 16.4. The first-order valence-electron chi connectivity index (χ1n) is 11.2. The summed E-state index contributed by atoms with van der Waals surface area (Å²) in [7, 11) is 0. The number of carbonyl (C=O) groups is 3. The Hall–Kier alpha value is -1.59. The maximum absolute atomic E-state index is 12.9. The van der Waals surface area contributed by atoms with Crippen molar-refractivity contribution in [1.29, 1.82) is 0 Å². The van der Waals surface area contributed by atoms with Crippen LogP contribution >= 0.6 is 0 Å². The summed E-state index contributed by atoms with van der Waals surface area (Å²) in [5, 5.41) is 12.2. The van der Waals surface area contributed by atoms with Crippen molar-refractivity contribution < 1.29 is 19.5 Å². The normalized spacial score (nSPS) is 23.1. The number of likely N-dealkylation sites (tertiary alicyclic amines) is 1. The predicted octanol–water partition coefficient (Wildman–Crippen LogP) is 3.59. The molecule has 2 aliphatic rings. The van der Waals surface area contributed by atoms with E-state index in [2.05, 4.69) is 5.32 Å². The van der Waals surface area contributed by atoms with Crippen LogP contribution in [0.4, 0.5) is 0 Å². The molecule has 1 saturated heterocycles. The molecule has 2 rings (SSSR count). The Bertz CT molecular complexity index is 531. The zero-order valence-electron chi connectivity index (χ0n) is 17.6. The molecule has 2 N–H and O–H groups in total. The van der Waals surface area contributed by atoms with Crippen molar-refractivity contribution in [2.75, 3.05) is 13.1 Å². The molecule has 6 nitrogen and oxygen atoms in total. The quantitative estimate of drug-likeness (QED) is 0.626. The molecule has 3 atom stereocenters. The van der Waals surface area contributed by atoms with Crippen LogP contribution in [-0.2, 0) is 14.4 Å². The number of carboxylic acid groups (broad SMARTS) is 1. The van der Waals surface area contributed by atoms with Crippen LogP contribution in [0.3, 0.4) is 0 Å². The standard InChI is InChI=1S/C22H38N2O4/c1-3-16(2)22(28)24-13-7-10-18(15-24)21(27)23-19(11-12-20(25)26)14-17-8-5-4-6-9-17/h16-19H,3-15H2,1-2H3,(H,23,27)(H,25,26). The van der Waals surface area contributed by atoms with Crippen molar-refractivity contribution in [1.82, 2.24) is 10.2 Å². The number of nitrogens with zero attached hydrogens (tertiary/aromatic N) is 1. The predicted molar refractivity (Wildman–Crippen MR) is 109 cm³/mol. The third kappa shape index (κ3) is 7.10. The summed E-state index contributed by atoms with van der Waals surface area (Å²) in [5.41, 5.74) is 0. The third-order valence-electron chi connectivity index (χ3n) is 6.53. The molecule has 1 aliphatic carbocycles. The van der Waals surface area contributed by atoms with Gasteiger partial charge in [0, 0.05) is 31.5 Å². The Labute approximate surface area is 169 Å². The second-order valence-corrected chi connectivity index (χ2v) is 8.81. The minimum Gasteiger partial charge on any atom is -0.481 e. The van der Waals surface area contributed by atoms with E-state index in [1.165, 1.54) is 32.1 Å². The highest BCUT2D eigenvalue weighted by Crippen LogP contribution is 2.28. The van der Waals surface area contributed by atoms with Crippen LogP contribution in [0.25, 0.3) is 0 Å². The summed E-state index contributed by atoms with van der Waals surface area (Å²) in [6, 6.07) is -0.0765. The summed E-state index contributed by atoms with van der Waals surface area (Å²) in [5.74, 6) is -0.275. The summed E-state index contributed by atoms with van der Waals surface area (Å²) in [6.07, 6.45) is 10.0. The number of hydrogen-bond acceptors (Lipinski definition) is 3. The molecule has 0 radical (unpaired) electrons. The second-order valence-electron chi connectivity index (χ2n) is 8.81. The average molecular weight is 395 g/mol. The Morgan fingerprint density at radius 2 is 1.82 bits per heavy atom. The van der Waals surface area contributed by atoms with E-state index >= 15 is 0 Å². The van der Waals surface area contributed by atoms with Crippen LogP contribution in [0, 0.1) is 17.8 Å². The monoisotopic (exact) mass is 394 g/mol. The van der Waals surface area contributed by atoms with Gasteiger partial charge in [0.05, 0.1) is 5.92 Å². The zero-order chi connectivity index (χ0) is 20.5. The molecule has 3 unspecified atom stereocenters. The smallest absolute Gasteiger partial charge is 0.303 e. The van der Waals surface area contributed by atoms with Crippen LogP contribution in [-0.4, -0.2) is 46.9 Å². The van der Waals surface area contributed by atoms with Crippen molar-refractivity contribution in [2.24, 2.45) is 17.8 Å². The van der Waals surface area contributed by atoms with Crippen molar-refractivity contribution in [3.63, 3.8) is 0 Å². The van der Waals surface area contributed by atoms with Gasteiger partial charge in [-0.2, -0.15) is 0 Å². The lowest BCUT2D eigenvalue weighted by atomic mass is 9.83. The number of hydrogen-bond donors (Lipinski definition) is 2. The van der Waals surface area contributed by atoms with Crippen LogP contribution < -0.4 is 5.32 Å². The van der Waals surface area contributed by atoms with E-state index in [4.69, 9.17) is 5.11 Å². The minimum atomic E-state index is -0.814. The molecule has 1 saturated carbocycles. The topological polar surface area (TPSA) is 86.7 Å². The molecular formula is C22H38N2O4. The number of aliphatic carboxylic acids is 1. The van der Waals surface area contributed by atoms with Gasteiger partial charge in [-0.1, -0.05) is 46.0 Å². The maximum Gasteiger partial charge on any atom is 0.303 e. The molecule has 0 aromatic carbocycles. The first-order chi connectivity index (χ1) is 13.4.